The molecule has 1 amide bonds. The fourth-order valence-electron chi connectivity index (χ4n) is 3.33. The molecule has 0 aromatic carbocycles. The van der Waals surface area contributed by atoms with Gasteiger partial charge in [0.05, 0.1) is 18.6 Å². The summed E-state index contributed by atoms with van der Waals surface area (Å²) in [6.07, 6.45) is 1.78. The van der Waals surface area contributed by atoms with Gasteiger partial charge in [-0.1, -0.05) is 0 Å². The Kier molecular flexibility index (Phi) is 5.21. The SMILES string of the molecule is Cc1nc(N)nc(C)c1CC(=O)N1CCCC(O)(CN(C)C)C1. The molecule has 0 saturated carbocycles. The van der Waals surface area contributed by atoms with E-state index in [2.05, 4.69) is 9.97 Å². The van der Waals surface area contributed by atoms with Gasteiger partial charge >= 0.3 is 0 Å². The number of piperidine rings is 1. The standard InChI is InChI=1S/C16H27N5O2/c1-11-13(12(2)19-15(17)18-11)8-14(22)21-7-5-6-16(23,10-21)9-20(3)4/h23H,5-10H2,1-4H3,(H2,17,18,19). The third-order valence-corrected chi connectivity index (χ3v) is 4.28. The molecule has 1 atom stereocenters. The lowest BCUT2D eigenvalue weighted by Crippen LogP contribution is -2.55. The third-order valence-electron chi connectivity index (χ3n) is 4.28. The van der Waals surface area contributed by atoms with Gasteiger partial charge in [0, 0.05) is 30.0 Å². The predicted octanol–water partition coefficient (Wildman–Crippen LogP) is 0.133. The number of hydrogen-bond donors (Lipinski definition) is 2. The summed E-state index contributed by atoms with van der Waals surface area (Å²) in [5.74, 6) is 0.232. The van der Waals surface area contributed by atoms with Crippen LogP contribution in [0.5, 0.6) is 0 Å². The number of hydrogen-bond acceptors (Lipinski definition) is 6. The molecule has 1 aromatic rings. The molecule has 0 spiro atoms. The topological polar surface area (TPSA) is 95.6 Å². The molecule has 1 unspecified atom stereocenters. The van der Waals surface area contributed by atoms with Gasteiger partial charge in [-0.3, -0.25) is 4.79 Å². The van der Waals surface area contributed by atoms with E-state index >= 15 is 0 Å². The third kappa shape index (κ3) is 4.39. The number of nitrogens with two attached hydrogens (primary N) is 1. The summed E-state index contributed by atoms with van der Waals surface area (Å²) >= 11 is 0. The molecule has 0 radical (unpaired) electrons. The maximum Gasteiger partial charge on any atom is 0.227 e. The number of anilines is 1. The number of likely N-dealkylation sites (N-methyl/N-ethyl adjacent to an activating group) is 1. The fraction of sp³-hybridized carbons (Fsp3) is 0.688. The Morgan fingerprint density at radius 2 is 1.96 bits per heavy atom. The molecule has 1 aliphatic heterocycles. The average molecular weight is 321 g/mol. The van der Waals surface area contributed by atoms with Crippen molar-refractivity contribution in [3.8, 4) is 0 Å². The molecule has 1 aromatic heterocycles. The second-order valence-corrected chi connectivity index (χ2v) is 6.79. The largest absolute Gasteiger partial charge is 0.387 e. The molecular formula is C16H27N5O2. The second-order valence-electron chi connectivity index (χ2n) is 6.79. The maximum absolute atomic E-state index is 12.6. The van der Waals surface area contributed by atoms with Crippen LogP contribution in [0.2, 0.25) is 0 Å². The van der Waals surface area contributed by atoms with Crippen molar-refractivity contribution in [1.29, 1.82) is 0 Å². The number of carbonyl (C=O) groups excluding carboxylic acids is 1. The van der Waals surface area contributed by atoms with Crippen LogP contribution in [0.4, 0.5) is 5.95 Å². The Bertz CT molecular complexity index is 567. The van der Waals surface area contributed by atoms with E-state index in [-0.39, 0.29) is 18.3 Å². The summed E-state index contributed by atoms with van der Waals surface area (Å²) in [7, 11) is 3.86. The molecule has 0 bridgehead atoms. The zero-order valence-electron chi connectivity index (χ0n) is 14.5. The molecule has 1 saturated heterocycles. The van der Waals surface area contributed by atoms with Crippen molar-refractivity contribution < 1.29 is 9.90 Å². The number of aryl methyl sites for hydroxylation is 2. The Morgan fingerprint density at radius 1 is 1.35 bits per heavy atom. The number of carbonyl (C=O) groups is 1. The van der Waals surface area contributed by atoms with Crippen LogP contribution >= 0.6 is 0 Å². The van der Waals surface area contributed by atoms with Crippen LogP contribution in [0.1, 0.15) is 29.8 Å². The molecule has 1 fully saturated rings. The van der Waals surface area contributed by atoms with Gasteiger partial charge in [-0.2, -0.15) is 0 Å². The van der Waals surface area contributed by atoms with Gasteiger partial charge in [-0.15, -0.1) is 0 Å². The molecule has 3 N–H and O–H groups in total. The number of amides is 1. The van der Waals surface area contributed by atoms with Crippen molar-refractivity contribution in [1.82, 2.24) is 19.8 Å². The minimum Gasteiger partial charge on any atom is -0.387 e. The molecule has 7 heteroatoms. The number of rotatable bonds is 4. The van der Waals surface area contributed by atoms with Crippen molar-refractivity contribution >= 4 is 11.9 Å². The highest BCUT2D eigenvalue weighted by atomic mass is 16.3. The Hall–Kier alpha value is -1.73. The Labute approximate surface area is 137 Å². The maximum atomic E-state index is 12.6. The molecule has 128 valence electrons. The molecule has 23 heavy (non-hydrogen) atoms. The van der Waals surface area contributed by atoms with Crippen molar-refractivity contribution in [2.75, 3.05) is 39.5 Å². The first-order valence-electron chi connectivity index (χ1n) is 7.95. The van der Waals surface area contributed by atoms with Crippen molar-refractivity contribution in [2.45, 2.75) is 38.7 Å². The van der Waals surface area contributed by atoms with E-state index in [1.165, 1.54) is 0 Å². The highest BCUT2D eigenvalue weighted by Crippen LogP contribution is 2.23. The molecule has 0 aliphatic carbocycles. The fourth-order valence-corrected chi connectivity index (χ4v) is 3.33. The monoisotopic (exact) mass is 321 g/mol. The lowest BCUT2D eigenvalue weighted by atomic mass is 9.92. The van der Waals surface area contributed by atoms with E-state index in [0.29, 0.717) is 19.6 Å². The van der Waals surface area contributed by atoms with Gasteiger partial charge in [0.2, 0.25) is 11.9 Å². The van der Waals surface area contributed by atoms with E-state index in [1.807, 2.05) is 32.8 Å². The Morgan fingerprint density at radius 3 is 2.52 bits per heavy atom. The van der Waals surface area contributed by atoms with Crippen molar-refractivity contribution in [2.24, 2.45) is 0 Å². The summed E-state index contributed by atoms with van der Waals surface area (Å²) < 4.78 is 0. The summed E-state index contributed by atoms with van der Waals surface area (Å²) in [6.45, 7) is 5.29. The van der Waals surface area contributed by atoms with E-state index in [0.717, 1.165) is 29.8 Å². The van der Waals surface area contributed by atoms with Crippen molar-refractivity contribution in [3.63, 3.8) is 0 Å². The normalized spacial score (nSPS) is 21.7. The minimum atomic E-state index is -0.834. The van der Waals surface area contributed by atoms with E-state index < -0.39 is 5.60 Å². The number of β-amino-alcohol motifs (C(OH)–C–C–N with tert-alkyl or cyclic N) is 1. The first-order chi connectivity index (χ1) is 10.7. The lowest BCUT2D eigenvalue weighted by Gasteiger charge is -2.40. The van der Waals surface area contributed by atoms with Gasteiger partial charge in [0.15, 0.2) is 0 Å². The minimum absolute atomic E-state index is 0.00134. The summed E-state index contributed by atoms with van der Waals surface area (Å²) in [5, 5.41) is 10.7. The zero-order chi connectivity index (χ0) is 17.2. The number of likely N-dealkylation sites (tertiary alicyclic amines) is 1. The summed E-state index contributed by atoms with van der Waals surface area (Å²) in [6, 6.07) is 0. The molecule has 7 nitrogen and oxygen atoms in total. The van der Waals surface area contributed by atoms with Crippen LogP contribution in [0.15, 0.2) is 0 Å². The zero-order valence-corrected chi connectivity index (χ0v) is 14.5. The first kappa shape index (κ1) is 17.6. The molecule has 1 aliphatic rings. The van der Waals surface area contributed by atoms with E-state index in [1.54, 1.807) is 4.90 Å². The van der Waals surface area contributed by atoms with Gasteiger partial charge in [-0.05, 0) is 40.8 Å². The first-order valence-corrected chi connectivity index (χ1v) is 7.95. The second kappa shape index (κ2) is 6.80. The number of nitrogen functional groups attached to an aromatic ring is 1. The highest BCUT2D eigenvalue weighted by molar-refractivity contribution is 5.79. The number of nitrogens with zero attached hydrogens (tertiary/aromatic N) is 4. The van der Waals surface area contributed by atoms with Crippen LogP contribution in [0.3, 0.4) is 0 Å². The molecule has 2 rings (SSSR count). The predicted molar refractivity (Wildman–Crippen MR) is 88.9 cm³/mol. The molecule has 2 heterocycles. The van der Waals surface area contributed by atoms with Gasteiger partial charge < -0.3 is 20.6 Å². The van der Waals surface area contributed by atoms with Crippen LogP contribution in [0.25, 0.3) is 0 Å². The lowest BCUT2D eigenvalue weighted by molar-refractivity contribution is -0.138. The number of aliphatic hydroxyl groups is 1. The van der Waals surface area contributed by atoms with Crippen LogP contribution < -0.4 is 5.73 Å². The highest BCUT2D eigenvalue weighted by Gasteiger charge is 2.35. The van der Waals surface area contributed by atoms with Gasteiger partial charge in [-0.25, -0.2) is 9.97 Å². The van der Waals surface area contributed by atoms with Crippen LogP contribution in [-0.4, -0.2) is 70.1 Å². The van der Waals surface area contributed by atoms with E-state index in [9.17, 15) is 9.90 Å². The average Bonchev–Trinajstić information content (AvgIpc) is 2.41. The van der Waals surface area contributed by atoms with Gasteiger partial charge in [0.1, 0.15) is 0 Å². The summed E-state index contributed by atoms with van der Waals surface area (Å²) in [5.41, 5.74) is 7.10. The quantitative estimate of drug-likeness (QED) is 0.818. The summed E-state index contributed by atoms with van der Waals surface area (Å²) in [4.78, 5) is 24.6. The van der Waals surface area contributed by atoms with Gasteiger partial charge in [0.25, 0.3) is 0 Å². The molecular weight excluding hydrogens is 294 g/mol. The van der Waals surface area contributed by atoms with Crippen LogP contribution in [-0.2, 0) is 11.2 Å². The Balaban J connectivity index is 2.09. The van der Waals surface area contributed by atoms with Crippen molar-refractivity contribution in [3.05, 3.63) is 17.0 Å². The van der Waals surface area contributed by atoms with Crippen LogP contribution in [0, 0.1) is 13.8 Å². The smallest absolute Gasteiger partial charge is 0.227 e. The van der Waals surface area contributed by atoms with E-state index in [4.69, 9.17) is 5.73 Å². The number of aromatic nitrogens is 2.